The molecule has 2 aliphatic rings. The van der Waals surface area contributed by atoms with Crippen molar-refractivity contribution in [2.24, 2.45) is 0 Å². The van der Waals surface area contributed by atoms with Crippen molar-refractivity contribution in [1.29, 1.82) is 0 Å². The minimum absolute atomic E-state index is 0.0186. The number of hydrogen-bond acceptors (Lipinski definition) is 6. The summed E-state index contributed by atoms with van der Waals surface area (Å²) in [5.74, 6) is -0.0559. The van der Waals surface area contributed by atoms with Gasteiger partial charge in [0.2, 0.25) is 0 Å². The first-order chi connectivity index (χ1) is 12.0. The Bertz CT molecular complexity index is 851. The van der Waals surface area contributed by atoms with E-state index in [9.17, 15) is 13.2 Å². The minimum Gasteiger partial charge on any atom is -0.472 e. The summed E-state index contributed by atoms with van der Waals surface area (Å²) in [5, 5.41) is 0. The molecule has 0 bridgehead atoms. The number of carbonyl (C=O) groups excluding carboxylic acids is 1. The molecular weight excluding hydrogens is 342 g/mol. The second-order valence-corrected chi connectivity index (χ2v) is 8.71. The lowest BCUT2D eigenvalue weighted by molar-refractivity contribution is 0.0305. The molecule has 4 heterocycles. The minimum atomic E-state index is -3.16. The van der Waals surface area contributed by atoms with Crippen molar-refractivity contribution in [3.8, 4) is 0 Å². The van der Waals surface area contributed by atoms with E-state index in [0.29, 0.717) is 25.2 Å². The number of furan rings is 1. The smallest absolute Gasteiger partial charge is 0.257 e. The summed E-state index contributed by atoms with van der Waals surface area (Å²) in [6, 6.07) is 4.96. The van der Waals surface area contributed by atoms with Gasteiger partial charge in [0.1, 0.15) is 6.26 Å². The zero-order valence-corrected chi connectivity index (χ0v) is 14.4. The van der Waals surface area contributed by atoms with E-state index in [2.05, 4.69) is 9.88 Å². The van der Waals surface area contributed by atoms with E-state index >= 15 is 0 Å². The Kier molecular flexibility index (Phi) is 4.09. The van der Waals surface area contributed by atoms with Crippen LogP contribution in [0, 0.1) is 0 Å². The fourth-order valence-corrected chi connectivity index (χ4v) is 5.76. The van der Waals surface area contributed by atoms with Gasteiger partial charge in [0.25, 0.3) is 5.91 Å². The van der Waals surface area contributed by atoms with Crippen LogP contribution in [0.5, 0.6) is 0 Å². The number of fused-ring (bicyclic) bond motifs is 1. The first-order valence-electron chi connectivity index (χ1n) is 8.20. The van der Waals surface area contributed by atoms with E-state index in [1.165, 1.54) is 12.5 Å². The largest absolute Gasteiger partial charge is 0.472 e. The van der Waals surface area contributed by atoms with Crippen molar-refractivity contribution < 1.29 is 17.6 Å². The number of carbonyl (C=O) groups is 1. The molecule has 0 aromatic carbocycles. The van der Waals surface area contributed by atoms with Crippen molar-refractivity contribution >= 4 is 15.7 Å². The van der Waals surface area contributed by atoms with Crippen LogP contribution in [0.15, 0.2) is 47.5 Å². The summed E-state index contributed by atoms with van der Waals surface area (Å²) in [6.45, 7) is 1.77. The highest BCUT2D eigenvalue weighted by Crippen LogP contribution is 2.29. The Labute approximate surface area is 146 Å². The van der Waals surface area contributed by atoms with Crippen LogP contribution in [0.3, 0.4) is 0 Å². The fraction of sp³-hybridized carbons (Fsp3) is 0.412. The summed E-state index contributed by atoms with van der Waals surface area (Å²) >= 11 is 0. The van der Waals surface area contributed by atoms with Gasteiger partial charge in [-0.25, -0.2) is 8.42 Å². The summed E-state index contributed by atoms with van der Waals surface area (Å²) in [6.07, 6.45) is 6.37. The van der Waals surface area contributed by atoms with Gasteiger partial charge in [-0.3, -0.25) is 14.7 Å². The standard InChI is InChI=1S/C17H19N3O4S/c21-17(14-3-7-24-10-14)20-6-5-19(9-13-2-1-4-18-8-13)15-11-25(22,23)12-16(15)20/h1-4,7-8,10,15-16H,5-6,9,11-12H2/t15-,16+/m1/s1. The molecule has 4 rings (SSSR count). The van der Waals surface area contributed by atoms with Crippen LogP contribution in [0.4, 0.5) is 0 Å². The molecule has 0 spiro atoms. The maximum Gasteiger partial charge on any atom is 0.257 e. The van der Waals surface area contributed by atoms with Gasteiger partial charge in [0, 0.05) is 38.1 Å². The van der Waals surface area contributed by atoms with Crippen LogP contribution < -0.4 is 0 Å². The third-order valence-electron chi connectivity index (χ3n) is 4.93. The molecule has 8 heteroatoms. The molecule has 2 atom stereocenters. The second-order valence-electron chi connectivity index (χ2n) is 6.55. The molecule has 0 unspecified atom stereocenters. The highest BCUT2D eigenvalue weighted by atomic mass is 32.2. The number of pyridine rings is 1. The molecule has 0 saturated carbocycles. The van der Waals surface area contributed by atoms with Crippen molar-refractivity contribution in [3.05, 3.63) is 54.2 Å². The van der Waals surface area contributed by atoms with E-state index in [1.54, 1.807) is 23.4 Å². The lowest BCUT2D eigenvalue weighted by Crippen LogP contribution is -2.60. The molecule has 0 N–H and O–H groups in total. The van der Waals surface area contributed by atoms with Crippen LogP contribution in [0.1, 0.15) is 15.9 Å². The molecule has 1 amide bonds. The van der Waals surface area contributed by atoms with Crippen molar-refractivity contribution in [1.82, 2.24) is 14.8 Å². The Hall–Kier alpha value is -2.19. The van der Waals surface area contributed by atoms with E-state index in [1.807, 2.05) is 12.1 Å². The zero-order chi connectivity index (χ0) is 17.4. The number of hydrogen-bond donors (Lipinski definition) is 0. The Morgan fingerprint density at radius 3 is 2.80 bits per heavy atom. The average Bonchev–Trinajstić information content (AvgIpc) is 3.22. The molecular formula is C17H19N3O4S. The fourth-order valence-electron chi connectivity index (χ4n) is 3.75. The van der Waals surface area contributed by atoms with Crippen LogP contribution >= 0.6 is 0 Å². The average molecular weight is 361 g/mol. The van der Waals surface area contributed by atoms with Gasteiger partial charge in [0.05, 0.1) is 29.4 Å². The normalized spacial score (nSPS) is 25.7. The molecule has 2 aromatic rings. The van der Waals surface area contributed by atoms with Gasteiger partial charge in [0.15, 0.2) is 9.84 Å². The third-order valence-corrected chi connectivity index (χ3v) is 6.63. The number of sulfone groups is 1. The molecule has 0 radical (unpaired) electrons. The van der Waals surface area contributed by atoms with E-state index in [4.69, 9.17) is 4.42 Å². The number of piperazine rings is 1. The van der Waals surface area contributed by atoms with E-state index in [-0.39, 0.29) is 29.5 Å². The maximum atomic E-state index is 12.7. The lowest BCUT2D eigenvalue weighted by atomic mass is 10.0. The summed E-state index contributed by atoms with van der Waals surface area (Å²) in [7, 11) is -3.16. The van der Waals surface area contributed by atoms with Gasteiger partial charge < -0.3 is 9.32 Å². The SMILES string of the molecule is O=C(c1ccoc1)N1CCN(Cc2cccnc2)[C@@H]2CS(=O)(=O)C[C@@H]21. The van der Waals surface area contributed by atoms with Gasteiger partial charge in [-0.2, -0.15) is 0 Å². The quantitative estimate of drug-likeness (QED) is 0.804. The number of nitrogens with zero attached hydrogens (tertiary/aromatic N) is 3. The van der Waals surface area contributed by atoms with E-state index < -0.39 is 9.84 Å². The Balaban J connectivity index is 1.59. The first-order valence-corrected chi connectivity index (χ1v) is 10.0. The van der Waals surface area contributed by atoms with Crippen LogP contribution in [-0.2, 0) is 16.4 Å². The van der Waals surface area contributed by atoms with Crippen molar-refractivity contribution in [2.45, 2.75) is 18.6 Å². The van der Waals surface area contributed by atoms with Gasteiger partial charge in [-0.1, -0.05) is 6.07 Å². The van der Waals surface area contributed by atoms with Crippen LogP contribution in [0.2, 0.25) is 0 Å². The Morgan fingerprint density at radius 2 is 2.08 bits per heavy atom. The molecule has 25 heavy (non-hydrogen) atoms. The molecule has 2 aromatic heterocycles. The maximum absolute atomic E-state index is 12.7. The summed E-state index contributed by atoms with van der Waals surface area (Å²) in [5.41, 5.74) is 1.50. The van der Waals surface area contributed by atoms with Gasteiger partial charge >= 0.3 is 0 Å². The topological polar surface area (TPSA) is 83.7 Å². The number of rotatable bonds is 3. The van der Waals surface area contributed by atoms with Crippen molar-refractivity contribution in [2.75, 3.05) is 24.6 Å². The highest BCUT2D eigenvalue weighted by molar-refractivity contribution is 7.91. The van der Waals surface area contributed by atoms with Crippen LogP contribution in [-0.4, -0.2) is 65.8 Å². The third kappa shape index (κ3) is 3.19. The monoisotopic (exact) mass is 361 g/mol. The predicted molar refractivity (Wildman–Crippen MR) is 90.6 cm³/mol. The molecule has 2 saturated heterocycles. The molecule has 2 aliphatic heterocycles. The molecule has 2 fully saturated rings. The lowest BCUT2D eigenvalue weighted by Gasteiger charge is -2.43. The number of aromatic nitrogens is 1. The second kappa shape index (κ2) is 6.27. The summed E-state index contributed by atoms with van der Waals surface area (Å²) in [4.78, 5) is 20.7. The van der Waals surface area contributed by atoms with Gasteiger partial charge in [-0.15, -0.1) is 0 Å². The molecule has 132 valence electrons. The van der Waals surface area contributed by atoms with Crippen LogP contribution in [0.25, 0.3) is 0 Å². The number of amides is 1. The van der Waals surface area contributed by atoms with E-state index in [0.717, 1.165) is 5.56 Å². The highest BCUT2D eigenvalue weighted by Gasteiger charge is 2.48. The first kappa shape index (κ1) is 16.3. The van der Waals surface area contributed by atoms with Crippen molar-refractivity contribution in [3.63, 3.8) is 0 Å². The molecule has 0 aliphatic carbocycles. The zero-order valence-electron chi connectivity index (χ0n) is 13.6. The predicted octanol–water partition coefficient (Wildman–Crippen LogP) is 0.798. The van der Waals surface area contributed by atoms with Gasteiger partial charge in [-0.05, 0) is 17.7 Å². The summed E-state index contributed by atoms with van der Waals surface area (Å²) < 4.78 is 29.5. The molecule has 7 nitrogen and oxygen atoms in total. The Morgan fingerprint density at radius 1 is 1.24 bits per heavy atom.